The monoisotopic (exact) mass is 512 g/mol. The van der Waals surface area contributed by atoms with Crippen molar-refractivity contribution >= 4 is 29.3 Å². The highest BCUT2D eigenvalue weighted by Gasteiger charge is 2.46. The maximum absolute atomic E-state index is 13.2. The molecule has 33 heavy (non-hydrogen) atoms. The first kappa shape index (κ1) is 27.1. The third-order valence-corrected chi connectivity index (χ3v) is 8.86. The minimum Gasteiger partial charge on any atom is -0.381 e. The van der Waals surface area contributed by atoms with Crippen LogP contribution < -0.4 is 16.2 Å². The van der Waals surface area contributed by atoms with E-state index in [1.165, 1.54) is 11.8 Å². The summed E-state index contributed by atoms with van der Waals surface area (Å²) in [4.78, 5) is 15.1. The molecule has 0 spiro atoms. The molecule has 0 aromatic heterocycles. The Bertz CT molecular complexity index is 674. The highest BCUT2D eigenvalue weighted by Crippen LogP contribution is 2.39. The highest BCUT2D eigenvalue weighted by atomic mass is 35.5. The van der Waals surface area contributed by atoms with E-state index in [-0.39, 0.29) is 42.9 Å². The molecule has 1 aliphatic heterocycles. The van der Waals surface area contributed by atoms with Crippen LogP contribution in [-0.4, -0.2) is 65.1 Å². The highest BCUT2D eigenvalue weighted by molar-refractivity contribution is 8.01. The minimum absolute atomic E-state index is 0.00748. The minimum atomic E-state index is -4.26. The number of thioether (sulfide) groups is 1. The summed E-state index contributed by atoms with van der Waals surface area (Å²) in [6, 6.07) is -0.681. The number of methoxy groups -OCH3 is 1. The van der Waals surface area contributed by atoms with Gasteiger partial charge < -0.3 is 10.1 Å². The Balaban J connectivity index is 1.59. The lowest BCUT2D eigenvalue weighted by Crippen LogP contribution is -2.50. The zero-order valence-electron chi connectivity index (χ0n) is 19.2. The molecular formula is C22H36ClF3N4O2S. The maximum atomic E-state index is 13.2. The molecule has 0 bridgehead atoms. The van der Waals surface area contributed by atoms with Crippen LogP contribution in [0.3, 0.4) is 0 Å². The summed E-state index contributed by atoms with van der Waals surface area (Å²) in [5, 5.41) is 1.82. The van der Waals surface area contributed by atoms with Crippen LogP contribution in [0, 0.1) is 11.8 Å². The molecule has 1 saturated heterocycles. The number of alkyl halides is 4. The number of hydrogen-bond acceptors (Lipinski definition) is 6. The van der Waals surface area contributed by atoms with Crippen molar-refractivity contribution in [3.05, 3.63) is 12.7 Å². The van der Waals surface area contributed by atoms with E-state index in [1.54, 1.807) is 14.0 Å². The molecule has 3 fully saturated rings. The van der Waals surface area contributed by atoms with E-state index in [1.807, 2.05) is 6.08 Å². The molecule has 6 nitrogen and oxygen atoms in total. The van der Waals surface area contributed by atoms with Crippen LogP contribution in [0.1, 0.15) is 51.9 Å². The lowest BCUT2D eigenvalue weighted by Gasteiger charge is -2.39. The molecule has 2 saturated carbocycles. The van der Waals surface area contributed by atoms with Gasteiger partial charge in [-0.25, -0.2) is 10.9 Å². The summed E-state index contributed by atoms with van der Waals surface area (Å²) in [5.41, 5.74) is 6.48. The van der Waals surface area contributed by atoms with Crippen molar-refractivity contribution in [1.82, 2.24) is 21.1 Å². The Labute approximate surface area is 203 Å². The van der Waals surface area contributed by atoms with Crippen molar-refractivity contribution in [1.29, 1.82) is 0 Å². The third-order valence-electron chi connectivity index (χ3n) is 7.07. The molecular weight excluding hydrogens is 477 g/mol. The van der Waals surface area contributed by atoms with E-state index in [9.17, 15) is 18.0 Å². The summed E-state index contributed by atoms with van der Waals surface area (Å²) in [5.74, 6) is -1.41. The largest absolute Gasteiger partial charge is 0.391 e. The second-order valence-corrected chi connectivity index (χ2v) is 11.2. The number of carbonyl (C=O) groups is 1. The van der Waals surface area contributed by atoms with Crippen LogP contribution in [0.25, 0.3) is 0 Å². The molecule has 3 N–H and O–H groups in total. The Morgan fingerprint density at radius 2 is 2.03 bits per heavy atom. The van der Waals surface area contributed by atoms with Gasteiger partial charge in [-0.1, -0.05) is 18.9 Å². The molecule has 3 rings (SSSR count). The van der Waals surface area contributed by atoms with Gasteiger partial charge in [-0.05, 0) is 39.0 Å². The lowest BCUT2D eigenvalue weighted by molar-refractivity contribution is -0.183. The third kappa shape index (κ3) is 6.79. The Kier molecular flexibility index (Phi) is 9.80. The molecule has 0 aromatic carbocycles. The summed E-state index contributed by atoms with van der Waals surface area (Å²) in [6.45, 7) is 6.28. The number of hydrazine groups is 1. The number of carbonyl (C=O) groups excluding carboxylic acids is 1. The second kappa shape index (κ2) is 11.9. The van der Waals surface area contributed by atoms with Gasteiger partial charge in [0.25, 0.3) is 0 Å². The van der Waals surface area contributed by atoms with Crippen molar-refractivity contribution in [2.45, 2.75) is 92.5 Å². The van der Waals surface area contributed by atoms with Gasteiger partial charge in [0.15, 0.2) is 0 Å². The van der Waals surface area contributed by atoms with Gasteiger partial charge in [-0.3, -0.25) is 9.69 Å². The normalized spacial score (nSPS) is 37.0. The molecule has 190 valence electrons. The maximum Gasteiger partial charge on any atom is 0.391 e. The number of nitrogens with zero attached hydrogens (tertiary/aromatic N) is 1. The Morgan fingerprint density at radius 1 is 1.30 bits per heavy atom. The molecule has 0 aromatic rings. The van der Waals surface area contributed by atoms with Gasteiger partial charge >= 0.3 is 6.18 Å². The lowest BCUT2D eigenvalue weighted by atomic mass is 9.84. The smallest absolute Gasteiger partial charge is 0.381 e. The molecule has 1 amide bonds. The first-order valence-electron chi connectivity index (χ1n) is 11.7. The fourth-order valence-corrected chi connectivity index (χ4v) is 6.59. The predicted octanol–water partition coefficient (Wildman–Crippen LogP) is 3.97. The van der Waals surface area contributed by atoms with Gasteiger partial charge in [-0.2, -0.15) is 13.2 Å². The van der Waals surface area contributed by atoms with Crippen molar-refractivity contribution < 1.29 is 22.7 Å². The van der Waals surface area contributed by atoms with E-state index < -0.39 is 28.8 Å². The molecule has 1 heterocycles. The second-order valence-electron chi connectivity index (χ2n) is 9.25. The van der Waals surface area contributed by atoms with Crippen molar-refractivity contribution in [2.24, 2.45) is 11.8 Å². The van der Waals surface area contributed by atoms with Gasteiger partial charge in [-0.15, -0.1) is 29.9 Å². The Hall–Kier alpha value is -0.520. The summed E-state index contributed by atoms with van der Waals surface area (Å²) >= 11 is 7.69. The zero-order chi connectivity index (χ0) is 24.2. The van der Waals surface area contributed by atoms with Crippen molar-refractivity contribution in [3.8, 4) is 0 Å². The fraction of sp³-hybridized carbons (Fsp3) is 0.864. The van der Waals surface area contributed by atoms with Crippen LogP contribution in [-0.2, 0) is 9.53 Å². The van der Waals surface area contributed by atoms with E-state index in [2.05, 4.69) is 27.6 Å². The van der Waals surface area contributed by atoms with Crippen LogP contribution in [0.4, 0.5) is 13.2 Å². The van der Waals surface area contributed by atoms with Crippen molar-refractivity contribution in [3.63, 3.8) is 0 Å². The average Bonchev–Trinajstić information content (AvgIpc) is 3.16. The SMILES string of the molecule is C=CCN1C(SC(C)C(=O)NC2CC(C(F)(F)F)CCC2Cl)NNC1C1CCCCC1OC. The molecule has 3 aliphatic rings. The molecule has 8 unspecified atom stereocenters. The van der Waals surface area contributed by atoms with E-state index in [0.717, 1.165) is 25.7 Å². The topological polar surface area (TPSA) is 65.6 Å². The fourth-order valence-electron chi connectivity index (χ4n) is 5.21. The summed E-state index contributed by atoms with van der Waals surface area (Å²) in [7, 11) is 1.75. The number of halogens is 4. The van der Waals surface area contributed by atoms with Gasteiger partial charge in [0.05, 0.1) is 28.8 Å². The van der Waals surface area contributed by atoms with Gasteiger partial charge in [0, 0.05) is 25.6 Å². The predicted molar refractivity (Wildman–Crippen MR) is 126 cm³/mol. The summed E-state index contributed by atoms with van der Waals surface area (Å²) in [6.07, 6.45) is 2.25. The zero-order valence-corrected chi connectivity index (χ0v) is 20.8. The van der Waals surface area contributed by atoms with E-state index in [0.29, 0.717) is 12.5 Å². The Morgan fingerprint density at radius 3 is 2.70 bits per heavy atom. The number of hydrogen-bond donors (Lipinski definition) is 3. The first-order chi connectivity index (χ1) is 15.7. The average molecular weight is 513 g/mol. The van der Waals surface area contributed by atoms with Crippen LogP contribution >= 0.6 is 23.4 Å². The van der Waals surface area contributed by atoms with Crippen LogP contribution in [0.2, 0.25) is 0 Å². The molecule has 8 atom stereocenters. The number of rotatable bonds is 8. The number of amides is 1. The van der Waals surface area contributed by atoms with Gasteiger partial charge in [0.1, 0.15) is 5.50 Å². The number of ether oxygens (including phenoxy) is 1. The van der Waals surface area contributed by atoms with Crippen LogP contribution in [0.5, 0.6) is 0 Å². The van der Waals surface area contributed by atoms with E-state index in [4.69, 9.17) is 16.3 Å². The standard InChI is InChI=1S/C22H36ClF3N4O2S/c1-4-11-30-19(15-7-5-6-8-18(15)32-3)28-29-21(30)33-13(2)20(31)27-17-12-14(22(24,25)26)9-10-16(17)23/h4,13-19,21,28-29H,1,5-12H2,2-3H3,(H,27,31). The van der Waals surface area contributed by atoms with E-state index >= 15 is 0 Å². The van der Waals surface area contributed by atoms with Crippen molar-refractivity contribution in [2.75, 3.05) is 13.7 Å². The number of nitrogens with one attached hydrogen (secondary N) is 3. The van der Waals surface area contributed by atoms with Crippen LogP contribution in [0.15, 0.2) is 12.7 Å². The molecule has 0 radical (unpaired) electrons. The quantitative estimate of drug-likeness (QED) is 0.338. The van der Waals surface area contributed by atoms with Gasteiger partial charge in [0.2, 0.25) is 5.91 Å². The molecule has 2 aliphatic carbocycles. The first-order valence-corrected chi connectivity index (χ1v) is 13.1. The summed E-state index contributed by atoms with van der Waals surface area (Å²) < 4.78 is 45.2. The molecule has 11 heteroatoms.